The molecule has 0 aromatic carbocycles. The van der Waals surface area contributed by atoms with Crippen LogP contribution in [-0.2, 0) is 14.3 Å². The molecule has 4 nitrogen and oxygen atoms in total. The topological polar surface area (TPSA) is 63.6 Å². The molecule has 4 heteroatoms. The highest BCUT2D eigenvalue weighted by molar-refractivity contribution is 5.69. The van der Waals surface area contributed by atoms with E-state index in [-0.39, 0.29) is 18.5 Å². The SMILES string of the molecule is CCCCCCCC/C=C\CCCCCCCC(=O)OC(CCCCCC)CCCCCC(=O)O. The summed E-state index contributed by atoms with van der Waals surface area (Å²) in [5.74, 6) is -0.777. The average molecular weight is 495 g/mol. The lowest BCUT2D eigenvalue weighted by Crippen LogP contribution is -2.18. The smallest absolute Gasteiger partial charge is 0.306 e. The van der Waals surface area contributed by atoms with E-state index in [1.54, 1.807) is 0 Å². The molecule has 0 spiro atoms. The third-order valence-corrected chi connectivity index (χ3v) is 6.74. The number of esters is 1. The third kappa shape index (κ3) is 27.1. The van der Waals surface area contributed by atoms with Gasteiger partial charge < -0.3 is 9.84 Å². The molecule has 1 N–H and O–H groups in total. The molecule has 0 aliphatic carbocycles. The Morgan fingerprint density at radius 3 is 1.57 bits per heavy atom. The van der Waals surface area contributed by atoms with Gasteiger partial charge in [0.25, 0.3) is 0 Å². The Labute approximate surface area is 217 Å². The number of ether oxygens (including phenoxy) is 1. The third-order valence-electron chi connectivity index (χ3n) is 6.74. The van der Waals surface area contributed by atoms with Crippen molar-refractivity contribution < 1.29 is 19.4 Å². The number of carboxylic acid groups (broad SMARTS) is 1. The number of aliphatic carboxylic acids is 1. The zero-order valence-electron chi connectivity index (χ0n) is 23.4. The summed E-state index contributed by atoms with van der Waals surface area (Å²) in [5.41, 5.74) is 0. The van der Waals surface area contributed by atoms with E-state index in [1.165, 1.54) is 89.9 Å². The zero-order valence-corrected chi connectivity index (χ0v) is 23.4. The van der Waals surface area contributed by atoms with Crippen molar-refractivity contribution in [2.24, 2.45) is 0 Å². The van der Waals surface area contributed by atoms with Crippen molar-refractivity contribution in [3.8, 4) is 0 Å². The minimum absolute atomic E-state index is 0.00677. The van der Waals surface area contributed by atoms with Crippen LogP contribution in [0, 0.1) is 0 Å². The number of allylic oxidation sites excluding steroid dienone is 2. The maximum absolute atomic E-state index is 12.3. The van der Waals surface area contributed by atoms with Gasteiger partial charge in [0.05, 0.1) is 0 Å². The molecular formula is C31H58O4. The largest absolute Gasteiger partial charge is 0.481 e. The van der Waals surface area contributed by atoms with Crippen molar-refractivity contribution in [3.63, 3.8) is 0 Å². The van der Waals surface area contributed by atoms with Gasteiger partial charge in [-0.25, -0.2) is 0 Å². The van der Waals surface area contributed by atoms with Gasteiger partial charge in [0.15, 0.2) is 0 Å². The van der Waals surface area contributed by atoms with Gasteiger partial charge in [-0.1, -0.05) is 103 Å². The Morgan fingerprint density at radius 1 is 0.600 bits per heavy atom. The van der Waals surface area contributed by atoms with Crippen LogP contribution in [-0.4, -0.2) is 23.1 Å². The summed E-state index contributed by atoms with van der Waals surface area (Å²) in [6.07, 6.45) is 30.9. The van der Waals surface area contributed by atoms with Crippen molar-refractivity contribution in [1.29, 1.82) is 0 Å². The summed E-state index contributed by atoms with van der Waals surface area (Å²) in [4.78, 5) is 23.0. The maximum atomic E-state index is 12.3. The molecule has 0 amide bonds. The molecule has 35 heavy (non-hydrogen) atoms. The van der Waals surface area contributed by atoms with Gasteiger partial charge in [-0.2, -0.15) is 0 Å². The second-order valence-electron chi connectivity index (χ2n) is 10.3. The number of hydrogen-bond donors (Lipinski definition) is 1. The molecule has 0 saturated carbocycles. The van der Waals surface area contributed by atoms with E-state index in [0.29, 0.717) is 12.8 Å². The Kier molecular flexibility index (Phi) is 26.2. The van der Waals surface area contributed by atoms with Crippen LogP contribution in [0.25, 0.3) is 0 Å². The fourth-order valence-electron chi connectivity index (χ4n) is 4.47. The van der Waals surface area contributed by atoms with Crippen LogP contribution in [0.15, 0.2) is 12.2 Å². The first-order chi connectivity index (χ1) is 17.1. The standard InChI is InChI=1S/C31H58O4/c1-3-5-7-9-10-11-12-13-14-15-16-17-18-19-24-28-31(34)35-29(25-21-8-6-4-2)26-22-20-23-27-30(32)33/h13-14,29H,3-12,15-28H2,1-2H3,(H,32,33)/b14-13-. The van der Waals surface area contributed by atoms with Gasteiger partial charge in [-0.05, 0) is 64.2 Å². The predicted octanol–water partition coefficient (Wildman–Crippen LogP) is 9.94. The molecule has 0 bridgehead atoms. The highest BCUT2D eigenvalue weighted by Crippen LogP contribution is 2.17. The fraction of sp³-hybridized carbons (Fsp3) is 0.871. The van der Waals surface area contributed by atoms with Crippen molar-refractivity contribution in [3.05, 3.63) is 12.2 Å². The first-order valence-corrected chi connectivity index (χ1v) is 15.2. The van der Waals surface area contributed by atoms with Crippen LogP contribution in [0.5, 0.6) is 0 Å². The molecule has 0 fully saturated rings. The first-order valence-electron chi connectivity index (χ1n) is 15.2. The summed E-state index contributed by atoms with van der Waals surface area (Å²) in [7, 11) is 0. The summed E-state index contributed by atoms with van der Waals surface area (Å²) in [5, 5.41) is 8.77. The van der Waals surface area contributed by atoms with Gasteiger partial charge in [0.2, 0.25) is 0 Å². The van der Waals surface area contributed by atoms with Crippen LogP contribution >= 0.6 is 0 Å². The molecule has 1 unspecified atom stereocenters. The Bertz CT molecular complexity index is 500. The van der Waals surface area contributed by atoms with Crippen molar-refractivity contribution in [2.75, 3.05) is 0 Å². The molecule has 206 valence electrons. The van der Waals surface area contributed by atoms with E-state index in [9.17, 15) is 9.59 Å². The lowest BCUT2D eigenvalue weighted by Gasteiger charge is -2.18. The summed E-state index contributed by atoms with van der Waals surface area (Å²) < 4.78 is 5.81. The normalized spacial score (nSPS) is 12.3. The zero-order chi connectivity index (χ0) is 25.8. The fourth-order valence-corrected chi connectivity index (χ4v) is 4.47. The summed E-state index contributed by atoms with van der Waals surface area (Å²) in [6, 6.07) is 0. The molecule has 0 aliphatic heterocycles. The van der Waals surface area contributed by atoms with E-state index >= 15 is 0 Å². The predicted molar refractivity (Wildman–Crippen MR) is 149 cm³/mol. The number of hydrogen-bond acceptors (Lipinski definition) is 3. The molecular weight excluding hydrogens is 436 g/mol. The van der Waals surface area contributed by atoms with Gasteiger partial charge >= 0.3 is 11.9 Å². The molecule has 0 radical (unpaired) electrons. The highest BCUT2D eigenvalue weighted by Gasteiger charge is 2.14. The number of unbranched alkanes of at least 4 members (excludes halogenated alkanes) is 16. The van der Waals surface area contributed by atoms with Crippen LogP contribution in [0.3, 0.4) is 0 Å². The van der Waals surface area contributed by atoms with E-state index in [0.717, 1.165) is 44.9 Å². The minimum atomic E-state index is -0.729. The monoisotopic (exact) mass is 494 g/mol. The molecule has 0 saturated heterocycles. The molecule has 0 aromatic heterocycles. The number of carbonyl (C=O) groups is 2. The summed E-state index contributed by atoms with van der Waals surface area (Å²) >= 11 is 0. The van der Waals surface area contributed by atoms with Crippen molar-refractivity contribution >= 4 is 11.9 Å². The molecule has 0 heterocycles. The molecule has 0 rings (SSSR count). The highest BCUT2D eigenvalue weighted by atomic mass is 16.5. The van der Waals surface area contributed by atoms with Crippen molar-refractivity contribution in [2.45, 2.75) is 174 Å². The van der Waals surface area contributed by atoms with E-state index < -0.39 is 5.97 Å². The first kappa shape index (κ1) is 33.7. The van der Waals surface area contributed by atoms with Crippen LogP contribution < -0.4 is 0 Å². The number of carboxylic acids is 1. The number of carbonyl (C=O) groups excluding carboxylic acids is 1. The van der Waals surface area contributed by atoms with Crippen LogP contribution in [0.4, 0.5) is 0 Å². The lowest BCUT2D eigenvalue weighted by molar-refractivity contribution is -0.150. The van der Waals surface area contributed by atoms with Gasteiger partial charge in [-0.15, -0.1) is 0 Å². The average Bonchev–Trinajstić information content (AvgIpc) is 2.83. The minimum Gasteiger partial charge on any atom is -0.481 e. The quantitative estimate of drug-likeness (QED) is 0.0701. The second-order valence-corrected chi connectivity index (χ2v) is 10.3. The molecule has 0 aliphatic rings. The van der Waals surface area contributed by atoms with E-state index in [1.807, 2.05) is 0 Å². The van der Waals surface area contributed by atoms with Crippen LogP contribution in [0.2, 0.25) is 0 Å². The summed E-state index contributed by atoms with van der Waals surface area (Å²) in [6.45, 7) is 4.47. The van der Waals surface area contributed by atoms with Gasteiger partial charge in [0, 0.05) is 12.8 Å². The number of rotatable bonds is 27. The molecule has 1 atom stereocenters. The molecule has 0 aromatic rings. The van der Waals surface area contributed by atoms with E-state index in [2.05, 4.69) is 26.0 Å². The van der Waals surface area contributed by atoms with Gasteiger partial charge in [0.1, 0.15) is 6.10 Å². The Balaban J connectivity index is 3.78. The van der Waals surface area contributed by atoms with Crippen LogP contribution in [0.1, 0.15) is 168 Å². The van der Waals surface area contributed by atoms with Crippen molar-refractivity contribution in [1.82, 2.24) is 0 Å². The second kappa shape index (κ2) is 27.3. The van der Waals surface area contributed by atoms with Gasteiger partial charge in [-0.3, -0.25) is 9.59 Å². The Hall–Kier alpha value is -1.32. The maximum Gasteiger partial charge on any atom is 0.306 e. The Morgan fingerprint density at radius 2 is 1.03 bits per heavy atom. The lowest BCUT2D eigenvalue weighted by atomic mass is 10.0. The van der Waals surface area contributed by atoms with E-state index in [4.69, 9.17) is 9.84 Å².